The summed E-state index contributed by atoms with van der Waals surface area (Å²) in [5.41, 5.74) is 0.648. The van der Waals surface area contributed by atoms with E-state index in [-0.39, 0.29) is 5.91 Å². The maximum Gasteiger partial charge on any atom is 0.252 e. The van der Waals surface area contributed by atoms with E-state index < -0.39 is 0 Å². The Balaban J connectivity index is 2.02. The molecule has 2 nitrogen and oxygen atoms in total. The zero-order valence-corrected chi connectivity index (χ0v) is 12.8. The molecule has 0 radical (unpaired) electrons. The smallest absolute Gasteiger partial charge is 0.252 e. The molecule has 1 aliphatic rings. The number of carbonyl (C=O) groups is 1. The third-order valence-corrected chi connectivity index (χ3v) is 5.39. The largest absolute Gasteiger partial charge is 0.351 e. The van der Waals surface area contributed by atoms with E-state index in [4.69, 9.17) is 0 Å². The van der Waals surface area contributed by atoms with Crippen LogP contribution in [0.4, 0.5) is 0 Å². The van der Waals surface area contributed by atoms with E-state index in [0.29, 0.717) is 10.3 Å². The molecule has 1 amide bonds. The summed E-state index contributed by atoms with van der Waals surface area (Å²) in [6, 6.07) is 5.48. The fourth-order valence-corrected chi connectivity index (χ4v) is 2.97. The highest BCUT2D eigenvalue weighted by Gasteiger charge is 2.41. The summed E-state index contributed by atoms with van der Waals surface area (Å²) in [5.74, 6) is -0.0342. The van der Waals surface area contributed by atoms with Crippen LogP contribution >= 0.6 is 40.3 Å². The van der Waals surface area contributed by atoms with Crippen LogP contribution in [0.5, 0.6) is 0 Å². The van der Waals surface area contributed by atoms with Gasteiger partial charge in [-0.15, -0.1) is 12.6 Å². The van der Waals surface area contributed by atoms with Crippen molar-refractivity contribution in [3.8, 4) is 0 Å². The first-order valence-electron chi connectivity index (χ1n) is 5.38. The van der Waals surface area contributed by atoms with Gasteiger partial charge in [-0.25, -0.2) is 0 Å². The second-order valence-electron chi connectivity index (χ2n) is 4.23. The van der Waals surface area contributed by atoms with Gasteiger partial charge in [0.2, 0.25) is 0 Å². The Kier molecular flexibility index (Phi) is 4.10. The molecule has 0 heterocycles. The SMILES string of the molecule is CSC1(CNC(=O)c2cc(S)ccc2Br)CC1. The number of benzene rings is 1. The van der Waals surface area contributed by atoms with Crippen molar-refractivity contribution in [3.05, 3.63) is 28.2 Å². The van der Waals surface area contributed by atoms with Gasteiger partial charge in [0.25, 0.3) is 5.91 Å². The van der Waals surface area contributed by atoms with Gasteiger partial charge in [0.15, 0.2) is 0 Å². The van der Waals surface area contributed by atoms with Crippen molar-refractivity contribution >= 4 is 46.2 Å². The monoisotopic (exact) mass is 331 g/mol. The van der Waals surface area contributed by atoms with Crippen molar-refractivity contribution in [1.29, 1.82) is 0 Å². The summed E-state index contributed by atoms with van der Waals surface area (Å²) in [7, 11) is 0. The third kappa shape index (κ3) is 3.20. The highest BCUT2D eigenvalue weighted by Crippen LogP contribution is 2.46. The van der Waals surface area contributed by atoms with Gasteiger partial charge in [-0.05, 0) is 53.2 Å². The number of hydrogen-bond acceptors (Lipinski definition) is 3. The van der Waals surface area contributed by atoms with Crippen molar-refractivity contribution in [2.75, 3.05) is 12.8 Å². The number of hydrogen-bond donors (Lipinski definition) is 2. The fourth-order valence-electron chi connectivity index (χ4n) is 1.62. The number of thioether (sulfide) groups is 1. The molecule has 92 valence electrons. The van der Waals surface area contributed by atoms with Crippen molar-refractivity contribution < 1.29 is 4.79 Å². The van der Waals surface area contributed by atoms with Crippen molar-refractivity contribution in [2.24, 2.45) is 0 Å². The molecule has 1 aliphatic carbocycles. The molecule has 0 spiro atoms. The van der Waals surface area contributed by atoms with Gasteiger partial charge in [-0.1, -0.05) is 0 Å². The average molecular weight is 332 g/mol. The van der Waals surface area contributed by atoms with Gasteiger partial charge in [-0.3, -0.25) is 4.79 Å². The number of halogens is 1. The van der Waals surface area contributed by atoms with Crippen LogP contribution < -0.4 is 5.32 Å². The van der Waals surface area contributed by atoms with E-state index in [1.54, 1.807) is 6.07 Å². The molecule has 0 bridgehead atoms. The Hall–Kier alpha value is -0.130. The lowest BCUT2D eigenvalue weighted by atomic mass is 10.2. The van der Waals surface area contributed by atoms with Gasteiger partial charge >= 0.3 is 0 Å². The molecule has 1 fully saturated rings. The Morgan fingerprint density at radius 2 is 2.29 bits per heavy atom. The van der Waals surface area contributed by atoms with Crippen LogP contribution in [-0.2, 0) is 0 Å². The summed E-state index contributed by atoms with van der Waals surface area (Å²) < 4.78 is 1.10. The van der Waals surface area contributed by atoms with Gasteiger partial charge in [-0.2, -0.15) is 11.8 Å². The van der Waals surface area contributed by atoms with Crippen LogP contribution in [0.2, 0.25) is 0 Å². The molecule has 5 heteroatoms. The Morgan fingerprint density at radius 3 is 2.88 bits per heavy atom. The van der Waals surface area contributed by atoms with Crippen LogP contribution in [0.15, 0.2) is 27.6 Å². The lowest BCUT2D eigenvalue weighted by Crippen LogP contribution is -2.31. The van der Waals surface area contributed by atoms with E-state index >= 15 is 0 Å². The third-order valence-electron chi connectivity index (χ3n) is 3.01. The van der Waals surface area contributed by atoms with E-state index in [1.165, 1.54) is 12.8 Å². The Bertz CT molecular complexity index is 446. The molecule has 0 saturated heterocycles. The Morgan fingerprint density at radius 1 is 1.59 bits per heavy atom. The van der Waals surface area contributed by atoms with Crippen molar-refractivity contribution in [3.63, 3.8) is 0 Å². The zero-order valence-electron chi connectivity index (χ0n) is 9.50. The van der Waals surface area contributed by atoms with Crippen LogP contribution in [-0.4, -0.2) is 23.5 Å². The number of carbonyl (C=O) groups excluding carboxylic acids is 1. The molecule has 0 unspecified atom stereocenters. The molecule has 1 N–H and O–H groups in total. The summed E-state index contributed by atoms with van der Waals surface area (Å²) >= 11 is 9.47. The molecule has 0 aromatic heterocycles. The van der Waals surface area contributed by atoms with E-state index in [0.717, 1.165) is 15.9 Å². The molecule has 1 aromatic carbocycles. The number of amides is 1. The predicted molar refractivity (Wildman–Crippen MR) is 79.2 cm³/mol. The van der Waals surface area contributed by atoms with E-state index in [2.05, 4.69) is 40.1 Å². The normalized spacial score (nSPS) is 16.6. The highest BCUT2D eigenvalue weighted by molar-refractivity contribution is 9.10. The van der Waals surface area contributed by atoms with Crippen LogP contribution in [0.25, 0.3) is 0 Å². The molecular formula is C12H14BrNOS2. The first-order valence-corrected chi connectivity index (χ1v) is 7.85. The highest BCUT2D eigenvalue weighted by atomic mass is 79.9. The van der Waals surface area contributed by atoms with Crippen molar-refractivity contribution in [1.82, 2.24) is 5.32 Å². The van der Waals surface area contributed by atoms with Gasteiger partial charge in [0, 0.05) is 20.7 Å². The standard InChI is InChI=1S/C12H14BrNOS2/c1-17-12(4-5-12)7-14-11(15)9-6-8(16)2-3-10(9)13/h2-3,6,16H,4-5,7H2,1H3,(H,14,15). The zero-order chi connectivity index (χ0) is 12.5. The fraction of sp³-hybridized carbons (Fsp3) is 0.417. The van der Waals surface area contributed by atoms with E-state index in [1.807, 2.05) is 23.9 Å². The first-order chi connectivity index (χ1) is 8.06. The van der Waals surface area contributed by atoms with Crippen LogP contribution in [0, 0.1) is 0 Å². The minimum Gasteiger partial charge on any atom is -0.351 e. The number of nitrogens with one attached hydrogen (secondary N) is 1. The van der Waals surface area contributed by atoms with Gasteiger partial charge < -0.3 is 5.32 Å². The molecule has 0 atom stereocenters. The van der Waals surface area contributed by atoms with Crippen LogP contribution in [0.1, 0.15) is 23.2 Å². The number of thiol groups is 1. The van der Waals surface area contributed by atoms with Crippen LogP contribution in [0.3, 0.4) is 0 Å². The number of rotatable bonds is 4. The minimum absolute atomic E-state index is 0.0342. The summed E-state index contributed by atoms with van der Waals surface area (Å²) in [5, 5.41) is 3.00. The van der Waals surface area contributed by atoms with Crippen molar-refractivity contribution in [2.45, 2.75) is 22.5 Å². The second kappa shape index (κ2) is 5.24. The van der Waals surface area contributed by atoms with E-state index in [9.17, 15) is 4.79 Å². The first kappa shape index (κ1) is 13.3. The lowest BCUT2D eigenvalue weighted by molar-refractivity contribution is 0.0952. The average Bonchev–Trinajstić information content (AvgIpc) is 3.10. The summed E-state index contributed by atoms with van der Waals surface area (Å²) in [6.45, 7) is 0.746. The summed E-state index contributed by atoms with van der Waals surface area (Å²) in [4.78, 5) is 12.8. The predicted octanol–water partition coefficient (Wildman–Crippen LogP) is 3.36. The van der Waals surface area contributed by atoms with Gasteiger partial charge in [0.05, 0.1) is 5.56 Å². The molecular weight excluding hydrogens is 318 g/mol. The minimum atomic E-state index is -0.0342. The van der Waals surface area contributed by atoms with Gasteiger partial charge in [0.1, 0.15) is 0 Å². The maximum atomic E-state index is 12.0. The Labute approximate surface area is 119 Å². The molecule has 1 saturated carbocycles. The second-order valence-corrected chi connectivity index (χ2v) is 6.88. The molecule has 17 heavy (non-hydrogen) atoms. The molecule has 0 aliphatic heterocycles. The summed E-state index contributed by atoms with van der Waals surface area (Å²) in [6.07, 6.45) is 4.49. The lowest BCUT2D eigenvalue weighted by Gasteiger charge is -2.13. The maximum absolute atomic E-state index is 12.0. The topological polar surface area (TPSA) is 29.1 Å². The quantitative estimate of drug-likeness (QED) is 0.828. The molecule has 2 rings (SSSR count). The molecule has 1 aromatic rings.